The number of carbonyl (C=O) groups excluding carboxylic acids is 1. The molecule has 0 aliphatic heterocycles. The number of unbranched alkanes of at least 4 members (excludes halogenated alkanes) is 37. The second-order valence-corrected chi connectivity index (χ2v) is 21.5. The second-order valence-electron chi connectivity index (χ2n) is 21.5. The van der Waals surface area contributed by atoms with Gasteiger partial charge in [0.25, 0.3) is 0 Å². The number of rotatable bonds is 58. The summed E-state index contributed by atoms with van der Waals surface area (Å²) in [5.41, 5.74) is 0. The van der Waals surface area contributed by atoms with Crippen LogP contribution in [0.4, 0.5) is 0 Å². The number of aliphatic hydroxyl groups is 2. The molecule has 422 valence electrons. The smallest absolute Gasteiger partial charge is 0.220 e. The summed E-state index contributed by atoms with van der Waals surface area (Å²) in [4.78, 5) is 12.5. The van der Waals surface area contributed by atoms with Crippen molar-refractivity contribution in [1.29, 1.82) is 0 Å². The van der Waals surface area contributed by atoms with Crippen LogP contribution in [0.3, 0.4) is 0 Å². The molecule has 0 rings (SSSR count). The molecule has 0 bridgehead atoms. The number of allylic oxidation sites excluding steroid dienone is 15. The summed E-state index contributed by atoms with van der Waals surface area (Å²) in [6, 6.07) is -0.625. The first kappa shape index (κ1) is 70.3. The van der Waals surface area contributed by atoms with E-state index in [9.17, 15) is 15.0 Å². The number of hydrogen-bond donors (Lipinski definition) is 3. The molecular formula is C69H123NO3. The van der Waals surface area contributed by atoms with Gasteiger partial charge in [0.1, 0.15) is 0 Å². The van der Waals surface area contributed by atoms with Gasteiger partial charge in [0.15, 0.2) is 0 Å². The summed E-state index contributed by atoms with van der Waals surface area (Å²) in [5.74, 6) is -0.0613. The molecule has 0 aliphatic rings. The molecule has 4 nitrogen and oxygen atoms in total. The van der Waals surface area contributed by atoms with E-state index in [1.165, 1.54) is 225 Å². The lowest BCUT2D eigenvalue weighted by Gasteiger charge is -2.20. The summed E-state index contributed by atoms with van der Waals surface area (Å²) in [6.45, 7) is 4.22. The molecule has 0 aliphatic carbocycles. The molecule has 0 aromatic rings. The van der Waals surface area contributed by atoms with Crippen LogP contribution in [0.2, 0.25) is 0 Å². The molecule has 0 fully saturated rings. The Balaban J connectivity index is 3.48. The molecule has 3 N–H and O–H groups in total. The Kier molecular flexibility index (Phi) is 61.3. The van der Waals surface area contributed by atoms with Gasteiger partial charge in [-0.15, -0.1) is 0 Å². The fourth-order valence-electron chi connectivity index (χ4n) is 9.52. The van der Waals surface area contributed by atoms with Crippen LogP contribution in [0.1, 0.15) is 316 Å². The average molecular weight is 1010 g/mol. The van der Waals surface area contributed by atoms with E-state index in [0.29, 0.717) is 6.42 Å². The summed E-state index contributed by atoms with van der Waals surface area (Å²) in [5, 5.41) is 23.2. The Bertz CT molecular complexity index is 1330. The van der Waals surface area contributed by atoms with Gasteiger partial charge in [-0.25, -0.2) is 0 Å². The number of carbonyl (C=O) groups is 1. The zero-order chi connectivity index (χ0) is 52.7. The van der Waals surface area contributed by atoms with E-state index in [-0.39, 0.29) is 12.5 Å². The minimum atomic E-state index is -0.842. The number of amides is 1. The van der Waals surface area contributed by atoms with Crippen molar-refractivity contribution in [2.75, 3.05) is 6.61 Å². The highest BCUT2D eigenvalue weighted by atomic mass is 16.3. The van der Waals surface area contributed by atoms with E-state index in [4.69, 9.17) is 0 Å². The Morgan fingerprint density at radius 2 is 0.603 bits per heavy atom. The van der Waals surface area contributed by atoms with Gasteiger partial charge in [-0.2, -0.15) is 0 Å². The third-order valence-electron chi connectivity index (χ3n) is 14.3. The first-order valence-corrected chi connectivity index (χ1v) is 32.0. The maximum Gasteiger partial charge on any atom is 0.220 e. The third-order valence-corrected chi connectivity index (χ3v) is 14.3. The zero-order valence-electron chi connectivity index (χ0n) is 48.6. The lowest BCUT2D eigenvalue weighted by atomic mass is 10.0. The van der Waals surface area contributed by atoms with Gasteiger partial charge >= 0.3 is 0 Å². The molecule has 1 amide bonds. The van der Waals surface area contributed by atoms with Crippen LogP contribution in [-0.4, -0.2) is 34.9 Å². The Hall–Kier alpha value is -2.69. The first-order chi connectivity index (χ1) is 36.2. The SMILES string of the molecule is CC/C=C\C/C=C\C/C=C\C/C=C\C/C=C\C/C=C\C/C=C\CCCCCCCCCCCCCCCCCCCCCC(=O)NC(CO)C(O)/C=C/CCCCCCCCCCCCCCCCCCCC. The largest absolute Gasteiger partial charge is 0.394 e. The van der Waals surface area contributed by atoms with Crippen molar-refractivity contribution < 1.29 is 15.0 Å². The van der Waals surface area contributed by atoms with E-state index in [2.05, 4.69) is 104 Å². The van der Waals surface area contributed by atoms with E-state index < -0.39 is 12.1 Å². The van der Waals surface area contributed by atoms with Gasteiger partial charge in [0.05, 0.1) is 18.8 Å². The monoisotopic (exact) mass is 1010 g/mol. The van der Waals surface area contributed by atoms with Crippen molar-refractivity contribution in [2.45, 2.75) is 328 Å². The van der Waals surface area contributed by atoms with Crippen LogP contribution in [0.15, 0.2) is 97.2 Å². The fourth-order valence-corrected chi connectivity index (χ4v) is 9.52. The quantitative estimate of drug-likeness (QED) is 0.0420. The lowest BCUT2D eigenvalue weighted by Crippen LogP contribution is -2.45. The molecule has 0 heterocycles. The summed E-state index contributed by atoms with van der Waals surface area (Å²) >= 11 is 0. The van der Waals surface area contributed by atoms with Crippen LogP contribution in [0.25, 0.3) is 0 Å². The van der Waals surface area contributed by atoms with Crippen LogP contribution < -0.4 is 5.32 Å². The summed E-state index contributed by atoms with van der Waals surface area (Å²) < 4.78 is 0. The van der Waals surface area contributed by atoms with Crippen molar-refractivity contribution in [3.05, 3.63) is 97.2 Å². The minimum Gasteiger partial charge on any atom is -0.394 e. The van der Waals surface area contributed by atoms with Crippen molar-refractivity contribution in [1.82, 2.24) is 5.32 Å². The van der Waals surface area contributed by atoms with Crippen molar-refractivity contribution >= 4 is 5.91 Å². The molecule has 73 heavy (non-hydrogen) atoms. The Morgan fingerprint density at radius 1 is 0.342 bits per heavy atom. The standard InChI is InChI=1S/C69H123NO3/c1-3-5-7-9-11-13-15-17-19-21-23-25-26-27-28-29-30-31-32-33-34-35-36-37-38-39-40-41-42-43-44-45-47-49-51-53-55-57-59-61-63-65-69(73)70-67(66-71)68(72)64-62-60-58-56-54-52-50-48-46-24-22-20-18-16-14-12-10-8-6-4-2/h5,7,11,13,17,19,23,25,27-28,30-31,33-34,62,64,67-68,71-72H,3-4,6,8-10,12,14-16,18,20-22,24,26,29,32,35-61,63,65-66H2,1-2H3,(H,70,73)/b7-5-,13-11-,19-17-,25-23-,28-27-,31-30-,34-33-,64-62+. The highest BCUT2D eigenvalue weighted by molar-refractivity contribution is 5.76. The van der Waals surface area contributed by atoms with Crippen LogP contribution >= 0.6 is 0 Å². The van der Waals surface area contributed by atoms with Crippen molar-refractivity contribution in [3.8, 4) is 0 Å². The molecule has 2 unspecified atom stereocenters. The molecule has 0 radical (unpaired) electrons. The molecular weight excluding hydrogens is 891 g/mol. The highest BCUT2D eigenvalue weighted by Gasteiger charge is 2.18. The van der Waals surface area contributed by atoms with E-state index in [1.54, 1.807) is 6.08 Å². The van der Waals surface area contributed by atoms with Gasteiger partial charge in [-0.1, -0.05) is 329 Å². The van der Waals surface area contributed by atoms with Gasteiger partial charge in [0.2, 0.25) is 5.91 Å². The van der Waals surface area contributed by atoms with Crippen LogP contribution in [0.5, 0.6) is 0 Å². The second kappa shape index (κ2) is 63.6. The Labute approximate surface area is 455 Å². The normalized spacial score (nSPS) is 13.4. The number of aliphatic hydroxyl groups excluding tert-OH is 2. The molecule has 4 heteroatoms. The topological polar surface area (TPSA) is 69.6 Å². The van der Waals surface area contributed by atoms with E-state index >= 15 is 0 Å². The maximum absolute atomic E-state index is 12.5. The molecule has 0 aromatic heterocycles. The van der Waals surface area contributed by atoms with E-state index in [0.717, 1.165) is 70.6 Å². The van der Waals surface area contributed by atoms with Gasteiger partial charge in [-0.3, -0.25) is 4.79 Å². The lowest BCUT2D eigenvalue weighted by molar-refractivity contribution is -0.123. The third kappa shape index (κ3) is 60.1. The highest BCUT2D eigenvalue weighted by Crippen LogP contribution is 2.17. The van der Waals surface area contributed by atoms with Gasteiger partial charge < -0.3 is 15.5 Å². The van der Waals surface area contributed by atoms with E-state index in [1.807, 2.05) is 6.08 Å². The van der Waals surface area contributed by atoms with Crippen molar-refractivity contribution in [3.63, 3.8) is 0 Å². The average Bonchev–Trinajstić information content (AvgIpc) is 3.40. The predicted molar refractivity (Wildman–Crippen MR) is 326 cm³/mol. The maximum atomic E-state index is 12.5. The molecule has 0 aromatic carbocycles. The van der Waals surface area contributed by atoms with Crippen molar-refractivity contribution in [2.24, 2.45) is 0 Å². The fraction of sp³-hybridized carbons (Fsp3) is 0.754. The molecule has 0 spiro atoms. The van der Waals surface area contributed by atoms with Gasteiger partial charge in [-0.05, 0) is 77.0 Å². The van der Waals surface area contributed by atoms with Crippen LogP contribution in [0, 0.1) is 0 Å². The predicted octanol–water partition coefficient (Wildman–Crippen LogP) is 21.6. The zero-order valence-corrected chi connectivity index (χ0v) is 48.6. The number of nitrogens with one attached hydrogen (secondary N) is 1. The summed E-state index contributed by atoms with van der Waals surface area (Å²) in [7, 11) is 0. The number of hydrogen-bond acceptors (Lipinski definition) is 3. The molecule has 0 saturated carbocycles. The Morgan fingerprint density at radius 3 is 0.904 bits per heavy atom. The minimum absolute atomic E-state index is 0.0613. The summed E-state index contributed by atoms with van der Waals surface area (Å²) in [6.07, 6.45) is 94.6. The first-order valence-electron chi connectivity index (χ1n) is 32.0. The molecule has 2 atom stereocenters. The molecule has 0 saturated heterocycles. The van der Waals surface area contributed by atoms with Crippen LogP contribution in [-0.2, 0) is 4.79 Å². The van der Waals surface area contributed by atoms with Gasteiger partial charge in [0, 0.05) is 6.42 Å².